The second-order valence-electron chi connectivity index (χ2n) is 13.5. The molecule has 8 atom stereocenters. The summed E-state index contributed by atoms with van der Waals surface area (Å²) in [6.07, 6.45) is -3.72. The van der Waals surface area contributed by atoms with E-state index in [1.165, 1.54) is 13.8 Å². The second-order valence-corrected chi connectivity index (χ2v) is 13.5. The summed E-state index contributed by atoms with van der Waals surface area (Å²) in [7, 11) is 0. The molecule has 21 nitrogen and oxygen atoms in total. The lowest BCUT2D eigenvalue weighted by molar-refractivity contribution is -0.143. The lowest BCUT2D eigenvalue weighted by Crippen LogP contribution is -2.61. The van der Waals surface area contributed by atoms with Crippen LogP contribution in [0.4, 0.5) is 0 Å². The summed E-state index contributed by atoms with van der Waals surface area (Å²) in [6.45, 7) is 8.15. The maximum atomic E-state index is 13.4. The van der Waals surface area contributed by atoms with Gasteiger partial charge in [0.1, 0.15) is 42.3 Å². The summed E-state index contributed by atoms with van der Waals surface area (Å²) in [5, 5.41) is 54.4. The van der Waals surface area contributed by atoms with E-state index in [0.29, 0.717) is 5.56 Å². The molecule has 1 rings (SSSR count). The Morgan fingerprint density at radius 1 is 0.536 bits per heavy atom. The van der Waals surface area contributed by atoms with Crippen molar-refractivity contribution in [2.75, 3.05) is 0 Å². The van der Waals surface area contributed by atoms with Gasteiger partial charge in [0.25, 0.3) is 0 Å². The minimum absolute atomic E-state index is 0.0678. The average molecular weight is 794 g/mol. The van der Waals surface area contributed by atoms with Crippen LogP contribution in [0.2, 0.25) is 0 Å². The molecule has 0 aliphatic heterocycles. The smallest absolute Gasteiger partial charge is 0.326 e. The van der Waals surface area contributed by atoms with E-state index in [2.05, 4.69) is 37.2 Å². The van der Waals surface area contributed by atoms with Crippen LogP contribution in [0, 0.1) is 5.92 Å². The predicted octanol–water partition coefficient (Wildman–Crippen LogP) is -2.86. The Morgan fingerprint density at radius 2 is 0.964 bits per heavy atom. The Balaban J connectivity index is 3.13. The summed E-state index contributed by atoms with van der Waals surface area (Å²) in [5.74, 6) is -11.7. The Bertz CT molecular complexity index is 1600. The molecule has 56 heavy (non-hydrogen) atoms. The van der Waals surface area contributed by atoms with Crippen molar-refractivity contribution in [1.29, 1.82) is 0 Å². The highest BCUT2D eigenvalue weighted by Gasteiger charge is 2.35. The fourth-order valence-corrected chi connectivity index (χ4v) is 5.06. The number of benzene rings is 1. The van der Waals surface area contributed by atoms with Crippen molar-refractivity contribution < 1.29 is 68.4 Å². The summed E-state index contributed by atoms with van der Waals surface area (Å²) in [5.41, 5.74) is 0.540. The number of hydrogen-bond acceptors (Lipinski definition) is 11. The number of aliphatic carboxylic acids is 3. The molecule has 21 heteroatoms. The molecular weight excluding hydrogens is 742 g/mol. The molecule has 0 heterocycles. The highest BCUT2D eigenvalue weighted by Crippen LogP contribution is 2.09. The van der Waals surface area contributed by atoms with Crippen molar-refractivity contribution in [2.45, 2.75) is 116 Å². The summed E-state index contributed by atoms with van der Waals surface area (Å²) < 4.78 is 0. The molecule has 1 aromatic carbocycles. The SMILES string of the molecule is CC(=O)N[C@@H](C)C(=O)N[C@H](C(=O)N[C@@H](CC(C)C)C(=O)N[C@@H](CC(=O)O)C(=O)N[C@@H](C)C(=O)N[C@@H](CC(=O)O)C(=O)N[C@@H](Cc1ccccc1)C(=O)O)[C@@H](C)O. The Hall–Kier alpha value is -6.12. The number of aliphatic hydroxyl groups excluding tert-OH is 1. The normalized spacial score (nSPS) is 15.1. The molecule has 0 saturated carbocycles. The van der Waals surface area contributed by atoms with Gasteiger partial charge in [-0.2, -0.15) is 0 Å². The van der Waals surface area contributed by atoms with Gasteiger partial charge in [-0.25, -0.2) is 4.79 Å². The zero-order valence-corrected chi connectivity index (χ0v) is 31.8. The fraction of sp³-hybridized carbons (Fsp3) is 0.543. The van der Waals surface area contributed by atoms with Gasteiger partial charge in [0, 0.05) is 13.3 Å². The van der Waals surface area contributed by atoms with Gasteiger partial charge in [0.15, 0.2) is 0 Å². The molecule has 0 saturated heterocycles. The van der Waals surface area contributed by atoms with Crippen LogP contribution in [0.15, 0.2) is 30.3 Å². The third kappa shape index (κ3) is 17.3. The molecule has 0 aliphatic rings. The number of carbonyl (C=O) groups excluding carboxylic acids is 7. The predicted molar refractivity (Wildman–Crippen MR) is 194 cm³/mol. The number of hydrogen-bond donors (Lipinski definition) is 11. The van der Waals surface area contributed by atoms with Gasteiger partial charge in [-0.15, -0.1) is 0 Å². The molecule has 0 unspecified atom stereocenters. The first kappa shape index (κ1) is 47.9. The van der Waals surface area contributed by atoms with E-state index in [0.717, 1.165) is 13.8 Å². The fourth-order valence-electron chi connectivity index (χ4n) is 5.06. The van der Waals surface area contributed by atoms with Crippen molar-refractivity contribution >= 4 is 59.3 Å². The van der Waals surface area contributed by atoms with Gasteiger partial charge in [0.2, 0.25) is 41.4 Å². The number of carbonyl (C=O) groups is 10. The van der Waals surface area contributed by atoms with Crippen molar-refractivity contribution in [1.82, 2.24) is 37.2 Å². The molecule has 0 fully saturated rings. The number of aliphatic hydroxyl groups is 1. The highest BCUT2D eigenvalue weighted by molar-refractivity contribution is 5.98. The zero-order valence-electron chi connectivity index (χ0n) is 31.8. The molecular formula is C35H51N7O14. The van der Waals surface area contributed by atoms with Gasteiger partial charge in [-0.3, -0.25) is 43.2 Å². The van der Waals surface area contributed by atoms with Crippen LogP contribution < -0.4 is 37.2 Å². The standard InChI is InChI=1S/C35H51N7O14/c1-16(2)12-22(40-34(54)28(19(5)43)42-30(50)17(3)36-20(6)44)32(52)39-23(14-26(45)46)31(51)37-18(4)29(49)38-24(15-27(47)48)33(53)41-25(35(55)56)13-21-10-8-7-9-11-21/h7-11,16-19,22-25,28,43H,12-15H2,1-6H3,(H,36,44)(H,37,51)(H,38,49)(H,39,52)(H,40,54)(H,41,53)(H,42,50)(H,45,46)(H,47,48)(H,55,56)/t17-,18-,19+,22-,23-,24-,25-,28-/m0/s1. The van der Waals surface area contributed by atoms with Gasteiger partial charge < -0.3 is 57.6 Å². The number of rotatable bonds is 23. The minimum atomic E-state index is -1.85. The van der Waals surface area contributed by atoms with Crippen LogP contribution in [-0.4, -0.2) is 128 Å². The zero-order chi connectivity index (χ0) is 42.9. The summed E-state index contributed by atoms with van der Waals surface area (Å²) >= 11 is 0. The largest absolute Gasteiger partial charge is 0.481 e. The third-order valence-electron chi connectivity index (χ3n) is 7.89. The minimum Gasteiger partial charge on any atom is -0.481 e. The first-order valence-corrected chi connectivity index (χ1v) is 17.5. The molecule has 0 spiro atoms. The van der Waals surface area contributed by atoms with E-state index in [4.69, 9.17) is 0 Å². The number of carboxylic acids is 3. The van der Waals surface area contributed by atoms with Gasteiger partial charge in [0.05, 0.1) is 18.9 Å². The van der Waals surface area contributed by atoms with E-state index < -0.39 is 120 Å². The first-order chi connectivity index (χ1) is 26.0. The molecule has 1 aromatic rings. The van der Waals surface area contributed by atoms with Crippen LogP contribution in [0.5, 0.6) is 0 Å². The molecule has 0 aromatic heterocycles. The molecule has 0 bridgehead atoms. The van der Waals surface area contributed by atoms with Crippen LogP contribution in [0.3, 0.4) is 0 Å². The molecule has 0 aliphatic carbocycles. The number of nitrogens with one attached hydrogen (secondary N) is 7. The number of carboxylic acid groups (broad SMARTS) is 3. The maximum absolute atomic E-state index is 13.4. The van der Waals surface area contributed by atoms with E-state index in [9.17, 15) is 68.4 Å². The Morgan fingerprint density at radius 3 is 1.43 bits per heavy atom. The first-order valence-electron chi connectivity index (χ1n) is 17.5. The van der Waals surface area contributed by atoms with Gasteiger partial charge >= 0.3 is 17.9 Å². The van der Waals surface area contributed by atoms with E-state index in [-0.39, 0.29) is 18.8 Å². The third-order valence-corrected chi connectivity index (χ3v) is 7.89. The summed E-state index contributed by atoms with van der Waals surface area (Å²) in [4.78, 5) is 125. The monoisotopic (exact) mass is 793 g/mol. The van der Waals surface area contributed by atoms with Gasteiger partial charge in [-0.1, -0.05) is 44.2 Å². The molecule has 310 valence electrons. The average Bonchev–Trinajstić information content (AvgIpc) is 3.08. The lowest BCUT2D eigenvalue weighted by atomic mass is 10.0. The Kier molecular flexibility index (Phi) is 19.6. The van der Waals surface area contributed by atoms with Crippen LogP contribution >= 0.6 is 0 Å². The molecule has 0 radical (unpaired) electrons. The van der Waals surface area contributed by atoms with Crippen LogP contribution in [0.25, 0.3) is 0 Å². The molecule has 11 N–H and O–H groups in total. The second kappa shape index (κ2) is 22.9. The van der Waals surface area contributed by atoms with E-state index >= 15 is 0 Å². The number of amides is 7. The quantitative estimate of drug-likeness (QED) is 0.0531. The summed E-state index contributed by atoms with van der Waals surface area (Å²) in [6, 6.07) is -2.67. The highest BCUT2D eigenvalue weighted by atomic mass is 16.4. The topological polar surface area (TPSA) is 336 Å². The van der Waals surface area contributed by atoms with Crippen LogP contribution in [-0.2, 0) is 54.4 Å². The van der Waals surface area contributed by atoms with Crippen molar-refractivity contribution in [3.63, 3.8) is 0 Å². The lowest BCUT2D eigenvalue weighted by Gasteiger charge is -2.28. The van der Waals surface area contributed by atoms with E-state index in [1.807, 2.05) is 0 Å². The Labute approximate surface area is 322 Å². The maximum Gasteiger partial charge on any atom is 0.326 e. The molecule has 7 amide bonds. The van der Waals surface area contributed by atoms with Gasteiger partial charge in [-0.05, 0) is 38.7 Å². The van der Waals surface area contributed by atoms with Crippen molar-refractivity contribution in [3.05, 3.63) is 35.9 Å². The van der Waals surface area contributed by atoms with Crippen molar-refractivity contribution in [2.24, 2.45) is 5.92 Å². The van der Waals surface area contributed by atoms with Crippen LogP contribution in [0.1, 0.15) is 66.4 Å². The van der Waals surface area contributed by atoms with Crippen molar-refractivity contribution in [3.8, 4) is 0 Å². The van der Waals surface area contributed by atoms with E-state index in [1.54, 1.807) is 44.2 Å².